The predicted octanol–water partition coefficient (Wildman–Crippen LogP) is 3.63. The molecule has 2 saturated heterocycles. The van der Waals surface area contributed by atoms with Gasteiger partial charge >= 0.3 is 0 Å². The smallest absolute Gasteiger partial charge is 0.139 e. The number of nitrogen functional groups attached to an aromatic ring is 1. The number of anilines is 2. The zero-order chi connectivity index (χ0) is 14.8. The number of benzene rings is 1. The van der Waals surface area contributed by atoms with Gasteiger partial charge in [-0.1, -0.05) is 6.42 Å². The Morgan fingerprint density at radius 3 is 2.38 bits per heavy atom. The van der Waals surface area contributed by atoms with Crippen molar-refractivity contribution < 1.29 is 4.39 Å². The minimum atomic E-state index is -0.239. The highest BCUT2D eigenvalue weighted by molar-refractivity contribution is 9.10. The molecule has 2 heterocycles. The van der Waals surface area contributed by atoms with Gasteiger partial charge in [0.05, 0.1) is 15.8 Å². The van der Waals surface area contributed by atoms with E-state index >= 15 is 0 Å². The summed E-state index contributed by atoms with van der Waals surface area (Å²) in [4.78, 5) is 4.87. The maximum Gasteiger partial charge on any atom is 0.139 e. The molecule has 0 unspecified atom stereocenters. The van der Waals surface area contributed by atoms with Gasteiger partial charge in [-0.3, -0.25) is 0 Å². The maximum atomic E-state index is 13.7. The van der Waals surface area contributed by atoms with Crippen LogP contribution in [0, 0.1) is 5.82 Å². The standard InChI is InChI=1S/C16H23BrFN3/c17-13-10-15(19)16(11-14(13)18)21-8-4-12(5-9-21)20-6-2-1-3-7-20/h10-12H,1-9,19H2. The lowest BCUT2D eigenvalue weighted by Crippen LogP contribution is -2.46. The molecule has 116 valence electrons. The lowest BCUT2D eigenvalue weighted by atomic mass is 9.99. The van der Waals surface area contributed by atoms with E-state index < -0.39 is 0 Å². The van der Waals surface area contributed by atoms with E-state index in [0.717, 1.165) is 31.6 Å². The van der Waals surface area contributed by atoms with Crippen LogP contribution in [0.15, 0.2) is 16.6 Å². The van der Waals surface area contributed by atoms with Crippen LogP contribution in [0.25, 0.3) is 0 Å². The van der Waals surface area contributed by atoms with E-state index in [1.807, 2.05) is 0 Å². The van der Waals surface area contributed by atoms with Crippen LogP contribution in [0.4, 0.5) is 15.8 Å². The summed E-state index contributed by atoms with van der Waals surface area (Å²) >= 11 is 3.19. The molecule has 3 nitrogen and oxygen atoms in total. The van der Waals surface area contributed by atoms with Gasteiger partial charge in [0.25, 0.3) is 0 Å². The molecule has 0 atom stereocenters. The van der Waals surface area contributed by atoms with E-state index in [9.17, 15) is 4.39 Å². The summed E-state index contributed by atoms with van der Waals surface area (Å²) < 4.78 is 14.2. The second-order valence-electron chi connectivity index (χ2n) is 6.14. The second-order valence-corrected chi connectivity index (χ2v) is 6.99. The van der Waals surface area contributed by atoms with Crippen LogP contribution in [0.3, 0.4) is 0 Å². The average Bonchev–Trinajstić information content (AvgIpc) is 2.52. The number of hydrogen-bond donors (Lipinski definition) is 1. The number of piperidine rings is 2. The summed E-state index contributed by atoms with van der Waals surface area (Å²) in [6.45, 7) is 4.43. The van der Waals surface area contributed by atoms with Gasteiger partial charge < -0.3 is 15.5 Å². The van der Waals surface area contributed by atoms with Gasteiger partial charge in [0.2, 0.25) is 0 Å². The second kappa shape index (κ2) is 6.53. The molecule has 2 aliphatic rings. The first-order valence-corrected chi connectivity index (χ1v) is 8.68. The number of likely N-dealkylation sites (tertiary alicyclic amines) is 1. The molecule has 0 spiro atoms. The molecule has 0 aromatic heterocycles. The van der Waals surface area contributed by atoms with Crippen LogP contribution in [0.5, 0.6) is 0 Å². The Hall–Kier alpha value is -0.810. The van der Waals surface area contributed by atoms with Gasteiger partial charge in [-0.2, -0.15) is 0 Å². The Kier molecular flexibility index (Phi) is 4.69. The molecule has 0 saturated carbocycles. The number of nitrogens with two attached hydrogens (primary N) is 1. The van der Waals surface area contributed by atoms with E-state index in [0.29, 0.717) is 16.2 Å². The van der Waals surface area contributed by atoms with E-state index in [4.69, 9.17) is 5.73 Å². The Morgan fingerprint density at radius 2 is 1.71 bits per heavy atom. The Labute approximate surface area is 134 Å². The van der Waals surface area contributed by atoms with Crippen LogP contribution in [0.1, 0.15) is 32.1 Å². The number of halogens is 2. The molecule has 21 heavy (non-hydrogen) atoms. The summed E-state index contributed by atoms with van der Waals surface area (Å²) in [6, 6.07) is 3.92. The summed E-state index contributed by atoms with van der Waals surface area (Å²) in [7, 11) is 0. The lowest BCUT2D eigenvalue weighted by Gasteiger charge is -2.41. The van der Waals surface area contributed by atoms with Crippen molar-refractivity contribution in [1.82, 2.24) is 4.90 Å². The molecule has 1 aromatic rings. The predicted molar refractivity (Wildman–Crippen MR) is 89.2 cm³/mol. The number of nitrogens with zero attached hydrogens (tertiary/aromatic N) is 2. The van der Waals surface area contributed by atoms with Gasteiger partial charge in [-0.05, 0) is 60.8 Å². The van der Waals surface area contributed by atoms with Gasteiger partial charge in [-0.15, -0.1) is 0 Å². The quantitative estimate of drug-likeness (QED) is 0.822. The third-order valence-corrected chi connectivity index (χ3v) is 5.39. The minimum absolute atomic E-state index is 0.239. The normalized spacial score (nSPS) is 21.7. The first kappa shape index (κ1) is 15.1. The fraction of sp³-hybridized carbons (Fsp3) is 0.625. The Bertz CT molecular complexity index is 495. The fourth-order valence-electron chi connectivity index (χ4n) is 3.58. The SMILES string of the molecule is Nc1cc(Br)c(F)cc1N1CCC(N2CCCCC2)CC1. The van der Waals surface area contributed by atoms with E-state index in [-0.39, 0.29) is 5.82 Å². The number of hydrogen-bond acceptors (Lipinski definition) is 3. The van der Waals surface area contributed by atoms with Crippen LogP contribution >= 0.6 is 15.9 Å². The first-order chi connectivity index (χ1) is 10.1. The Balaban J connectivity index is 1.64. The van der Waals surface area contributed by atoms with E-state index in [1.165, 1.54) is 32.4 Å². The minimum Gasteiger partial charge on any atom is -0.397 e. The molecule has 2 N–H and O–H groups in total. The van der Waals surface area contributed by atoms with Gasteiger partial charge in [-0.25, -0.2) is 4.39 Å². The molecular formula is C16H23BrFN3. The molecule has 2 fully saturated rings. The summed E-state index contributed by atoms with van der Waals surface area (Å²) in [6.07, 6.45) is 6.36. The zero-order valence-electron chi connectivity index (χ0n) is 12.3. The van der Waals surface area contributed by atoms with Crippen LogP contribution < -0.4 is 10.6 Å². The monoisotopic (exact) mass is 355 g/mol. The molecule has 0 radical (unpaired) electrons. The molecule has 0 amide bonds. The summed E-state index contributed by atoms with van der Waals surface area (Å²) in [5.74, 6) is -0.239. The van der Waals surface area contributed by atoms with Crippen molar-refractivity contribution >= 4 is 27.3 Å². The molecule has 1 aromatic carbocycles. The van der Waals surface area contributed by atoms with Crippen molar-refractivity contribution in [3.63, 3.8) is 0 Å². The van der Waals surface area contributed by atoms with Gasteiger partial charge in [0.15, 0.2) is 0 Å². The van der Waals surface area contributed by atoms with Crippen molar-refractivity contribution in [2.75, 3.05) is 36.8 Å². The highest BCUT2D eigenvalue weighted by Gasteiger charge is 2.26. The molecular weight excluding hydrogens is 333 g/mol. The Morgan fingerprint density at radius 1 is 1.05 bits per heavy atom. The zero-order valence-corrected chi connectivity index (χ0v) is 13.9. The van der Waals surface area contributed by atoms with E-state index in [1.54, 1.807) is 12.1 Å². The highest BCUT2D eigenvalue weighted by Crippen LogP contribution is 2.32. The van der Waals surface area contributed by atoms with Gasteiger partial charge in [0.1, 0.15) is 5.82 Å². The van der Waals surface area contributed by atoms with Crippen LogP contribution in [0.2, 0.25) is 0 Å². The van der Waals surface area contributed by atoms with Crippen molar-refractivity contribution in [2.45, 2.75) is 38.1 Å². The van der Waals surface area contributed by atoms with Crippen LogP contribution in [-0.2, 0) is 0 Å². The largest absolute Gasteiger partial charge is 0.397 e. The molecule has 3 rings (SSSR count). The average molecular weight is 356 g/mol. The van der Waals surface area contributed by atoms with E-state index in [2.05, 4.69) is 25.7 Å². The van der Waals surface area contributed by atoms with Crippen molar-refractivity contribution in [2.24, 2.45) is 0 Å². The van der Waals surface area contributed by atoms with Crippen molar-refractivity contribution in [3.05, 3.63) is 22.4 Å². The third-order valence-electron chi connectivity index (χ3n) is 4.78. The molecule has 2 aliphatic heterocycles. The fourth-order valence-corrected chi connectivity index (χ4v) is 3.94. The summed E-state index contributed by atoms with van der Waals surface area (Å²) in [5, 5.41) is 0. The maximum absolute atomic E-state index is 13.7. The summed E-state index contributed by atoms with van der Waals surface area (Å²) in [5.41, 5.74) is 7.54. The first-order valence-electron chi connectivity index (χ1n) is 7.88. The van der Waals surface area contributed by atoms with Crippen molar-refractivity contribution in [1.29, 1.82) is 0 Å². The van der Waals surface area contributed by atoms with Crippen molar-refractivity contribution in [3.8, 4) is 0 Å². The lowest BCUT2D eigenvalue weighted by molar-refractivity contribution is 0.141. The molecule has 5 heteroatoms. The molecule has 0 bridgehead atoms. The van der Waals surface area contributed by atoms with Gasteiger partial charge in [0, 0.05) is 25.2 Å². The molecule has 0 aliphatic carbocycles. The number of rotatable bonds is 2. The van der Waals surface area contributed by atoms with Crippen LogP contribution in [-0.4, -0.2) is 37.1 Å². The third kappa shape index (κ3) is 3.34. The highest BCUT2D eigenvalue weighted by atomic mass is 79.9. The topological polar surface area (TPSA) is 32.5 Å².